The van der Waals surface area contributed by atoms with Gasteiger partial charge in [-0.2, -0.15) is 4.98 Å². The molecular formula is C19H21ClN4S. The highest BCUT2D eigenvalue weighted by atomic mass is 35.5. The van der Waals surface area contributed by atoms with Crippen LogP contribution in [0.1, 0.15) is 18.7 Å². The van der Waals surface area contributed by atoms with Crippen LogP contribution in [0.3, 0.4) is 0 Å². The maximum absolute atomic E-state index is 5.95. The standard InChI is InChI=1S/C19H21ClN4S/c1-13(2)11-23-19-21-10-9-18(24-19)22-12-16-7-8-17(25-16)14-3-5-15(20)6-4-14/h3-10,13H,11-12H2,1-2H3,(H2,21,22,23,24). The van der Waals surface area contributed by atoms with Gasteiger partial charge in [0.15, 0.2) is 0 Å². The van der Waals surface area contributed by atoms with Crippen molar-refractivity contribution in [2.75, 3.05) is 17.2 Å². The van der Waals surface area contributed by atoms with E-state index in [1.807, 2.05) is 30.3 Å². The molecule has 0 unspecified atom stereocenters. The van der Waals surface area contributed by atoms with Crippen molar-refractivity contribution in [3.05, 3.63) is 58.6 Å². The van der Waals surface area contributed by atoms with E-state index < -0.39 is 0 Å². The molecule has 130 valence electrons. The van der Waals surface area contributed by atoms with Crippen molar-refractivity contribution in [3.63, 3.8) is 0 Å². The zero-order valence-corrected chi connectivity index (χ0v) is 15.9. The molecule has 0 aliphatic carbocycles. The molecule has 3 rings (SSSR count). The van der Waals surface area contributed by atoms with Gasteiger partial charge in [0.2, 0.25) is 5.95 Å². The normalized spacial score (nSPS) is 10.9. The molecular weight excluding hydrogens is 352 g/mol. The summed E-state index contributed by atoms with van der Waals surface area (Å²) in [7, 11) is 0. The monoisotopic (exact) mass is 372 g/mol. The van der Waals surface area contributed by atoms with Crippen LogP contribution in [-0.2, 0) is 6.54 Å². The molecule has 0 saturated heterocycles. The number of thiophene rings is 1. The highest BCUT2D eigenvalue weighted by Gasteiger charge is 2.05. The van der Waals surface area contributed by atoms with Crippen molar-refractivity contribution in [1.29, 1.82) is 0 Å². The molecule has 0 aliphatic heterocycles. The molecule has 2 heterocycles. The average Bonchev–Trinajstić information content (AvgIpc) is 3.08. The van der Waals surface area contributed by atoms with Gasteiger partial charge in [-0.3, -0.25) is 0 Å². The molecule has 0 spiro atoms. The highest BCUT2D eigenvalue weighted by Crippen LogP contribution is 2.29. The number of nitrogens with one attached hydrogen (secondary N) is 2. The van der Waals surface area contributed by atoms with Gasteiger partial charge in [0.05, 0.1) is 6.54 Å². The fourth-order valence-corrected chi connectivity index (χ4v) is 3.34. The lowest BCUT2D eigenvalue weighted by Crippen LogP contribution is -2.11. The van der Waals surface area contributed by atoms with E-state index in [9.17, 15) is 0 Å². The summed E-state index contributed by atoms with van der Waals surface area (Å²) in [5.74, 6) is 2.03. The second-order valence-electron chi connectivity index (χ2n) is 6.17. The Morgan fingerprint density at radius 3 is 2.60 bits per heavy atom. The van der Waals surface area contributed by atoms with Gasteiger partial charge in [0, 0.05) is 27.5 Å². The summed E-state index contributed by atoms with van der Waals surface area (Å²) < 4.78 is 0. The summed E-state index contributed by atoms with van der Waals surface area (Å²) in [6, 6.07) is 14.1. The zero-order chi connectivity index (χ0) is 17.6. The molecule has 2 N–H and O–H groups in total. The fraction of sp³-hybridized carbons (Fsp3) is 0.263. The molecule has 4 nitrogen and oxygen atoms in total. The number of halogens is 1. The average molecular weight is 373 g/mol. The number of rotatable bonds is 7. The summed E-state index contributed by atoms with van der Waals surface area (Å²) in [5, 5.41) is 7.36. The van der Waals surface area contributed by atoms with Crippen LogP contribution >= 0.6 is 22.9 Å². The zero-order valence-electron chi connectivity index (χ0n) is 14.3. The number of hydrogen-bond donors (Lipinski definition) is 2. The molecule has 0 radical (unpaired) electrons. The van der Waals surface area contributed by atoms with Gasteiger partial charge in [0.1, 0.15) is 5.82 Å². The summed E-state index contributed by atoms with van der Waals surface area (Å²) in [6.45, 7) is 5.91. The molecule has 0 fully saturated rings. The van der Waals surface area contributed by atoms with Crippen LogP contribution in [0.2, 0.25) is 5.02 Å². The third-order valence-electron chi connectivity index (χ3n) is 3.56. The molecule has 6 heteroatoms. The Bertz CT molecular complexity index is 814. The van der Waals surface area contributed by atoms with Crippen LogP contribution in [0.15, 0.2) is 48.7 Å². The molecule has 25 heavy (non-hydrogen) atoms. The van der Waals surface area contributed by atoms with Gasteiger partial charge in [-0.15, -0.1) is 11.3 Å². The van der Waals surface area contributed by atoms with Crippen LogP contribution in [0.25, 0.3) is 10.4 Å². The lowest BCUT2D eigenvalue weighted by Gasteiger charge is -2.09. The molecule has 1 aromatic carbocycles. The predicted molar refractivity (Wildman–Crippen MR) is 107 cm³/mol. The fourth-order valence-electron chi connectivity index (χ4n) is 2.26. The van der Waals surface area contributed by atoms with Crippen LogP contribution in [0, 0.1) is 5.92 Å². The van der Waals surface area contributed by atoms with Gasteiger partial charge in [-0.25, -0.2) is 4.98 Å². The van der Waals surface area contributed by atoms with E-state index in [2.05, 4.69) is 46.6 Å². The Labute approximate surface area is 157 Å². The molecule has 0 atom stereocenters. The third kappa shape index (κ3) is 5.18. The topological polar surface area (TPSA) is 49.8 Å². The quantitative estimate of drug-likeness (QED) is 0.571. The van der Waals surface area contributed by atoms with Crippen molar-refractivity contribution in [3.8, 4) is 10.4 Å². The summed E-state index contributed by atoms with van der Waals surface area (Å²) >= 11 is 7.72. The largest absolute Gasteiger partial charge is 0.365 e. The number of nitrogens with zero attached hydrogens (tertiary/aromatic N) is 2. The molecule has 2 aromatic heterocycles. The number of aromatic nitrogens is 2. The molecule has 0 amide bonds. The first-order valence-corrected chi connectivity index (χ1v) is 9.45. The summed E-state index contributed by atoms with van der Waals surface area (Å²) in [4.78, 5) is 11.2. The van der Waals surface area contributed by atoms with Crippen LogP contribution < -0.4 is 10.6 Å². The Kier molecular flexibility index (Phi) is 5.89. The lowest BCUT2D eigenvalue weighted by molar-refractivity contribution is 0.684. The lowest BCUT2D eigenvalue weighted by atomic mass is 10.2. The highest BCUT2D eigenvalue weighted by molar-refractivity contribution is 7.15. The molecule has 0 bridgehead atoms. The van der Waals surface area contributed by atoms with Crippen LogP contribution in [-0.4, -0.2) is 16.5 Å². The minimum absolute atomic E-state index is 0.553. The van der Waals surface area contributed by atoms with Crippen LogP contribution in [0.4, 0.5) is 11.8 Å². The maximum atomic E-state index is 5.95. The first-order chi connectivity index (χ1) is 12.1. The number of benzene rings is 1. The number of anilines is 2. The van der Waals surface area contributed by atoms with Crippen molar-refractivity contribution >= 4 is 34.7 Å². The predicted octanol–water partition coefficient (Wildman–Crippen LogP) is 5.54. The van der Waals surface area contributed by atoms with Gasteiger partial charge < -0.3 is 10.6 Å². The minimum Gasteiger partial charge on any atom is -0.365 e. The van der Waals surface area contributed by atoms with Crippen molar-refractivity contribution in [1.82, 2.24) is 9.97 Å². The van der Waals surface area contributed by atoms with Gasteiger partial charge >= 0.3 is 0 Å². The Morgan fingerprint density at radius 1 is 1.04 bits per heavy atom. The third-order valence-corrected chi connectivity index (χ3v) is 4.94. The van der Waals surface area contributed by atoms with Gasteiger partial charge in [0.25, 0.3) is 0 Å². The Balaban J connectivity index is 1.60. The Hall–Kier alpha value is -2.11. The SMILES string of the molecule is CC(C)CNc1nccc(NCc2ccc(-c3ccc(Cl)cc3)s2)n1. The second kappa shape index (κ2) is 8.32. The van der Waals surface area contributed by atoms with E-state index in [4.69, 9.17) is 11.6 Å². The maximum Gasteiger partial charge on any atom is 0.224 e. The summed E-state index contributed by atoms with van der Waals surface area (Å²) in [5.41, 5.74) is 1.18. The molecule has 3 aromatic rings. The molecule has 0 aliphatic rings. The molecule has 0 saturated carbocycles. The first kappa shape index (κ1) is 17.7. The first-order valence-electron chi connectivity index (χ1n) is 8.25. The number of hydrogen-bond acceptors (Lipinski definition) is 5. The van der Waals surface area contributed by atoms with E-state index in [1.165, 1.54) is 15.3 Å². The van der Waals surface area contributed by atoms with Crippen molar-refractivity contribution in [2.24, 2.45) is 5.92 Å². The van der Waals surface area contributed by atoms with Gasteiger partial charge in [-0.05, 0) is 41.8 Å². The van der Waals surface area contributed by atoms with E-state index in [1.54, 1.807) is 17.5 Å². The van der Waals surface area contributed by atoms with Gasteiger partial charge in [-0.1, -0.05) is 37.6 Å². The smallest absolute Gasteiger partial charge is 0.224 e. The van der Waals surface area contributed by atoms with Crippen molar-refractivity contribution in [2.45, 2.75) is 20.4 Å². The van der Waals surface area contributed by atoms with E-state index >= 15 is 0 Å². The van der Waals surface area contributed by atoms with Crippen LogP contribution in [0.5, 0.6) is 0 Å². The second-order valence-corrected chi connectivity index (χ2v) is 7.77. The van der Waals surface area contributed by atoms with Crippen molar-refractivity contribution < 1.29 is 0 Å². The minimum atomic E-state index is 0.553. The Morgan fingerprint density at radius 2 is 1.84 bits per heavy atom. The van der Waals surface area contributed by atoms with E-state index in [0.29, 0.717) is 11.9 Å². The summed E-state index contributed by atoms with van der Waals surface area (Å²) in [6.07, 6.45) is 1.77. The van der Waals surface area contributed by atoms with E-state index in [-0.39, 0.29) is 0 Å². The van der Waals surface area contributed by atoms with E-state index in [0.717, 1.165) is 23.9 Å².